The van der Waals surface area contributed by atoms with Crippen LogP contribution in [0.3, 0.4) is 0 Å². The van der Waals surface area contributed by atoms with E-state index in [1.54, 1.807) is 0 Å². The van der Waals surface area contributed by atoms with Crippen molar-refractivity contribution in [2.24, 2.45) is 5.92 Å². The molecule has 3 rings (SSSR count). The number of carbonyl (C=O) groups excluding carboxylic acids is 2. The molecule has 2 aliphatic rings. The van der Waals surface area contributed by atoms with E-state index in [4.69, 9.17) is 0 Å². The Kier molecular flexibility index (Phi) is 7.31. The minimum Gasteiger partial charge on any atom is -0.338 e. The van der Waals surface area contributed by atoms with Gasteiger partial charge in [-0.2, -0.15) is 0 Å². The van der Waals surface area contributed by atoms with Crippen LogP contribution in [0.2, 0.25) is 0 Å². The molecular formula is C22H34N4O2. The van der Waals surface area contributed by atoms with E-state index < -0.39 is 0 Å². The third-order valence-electron chi connectivity index (χ3n) is 5.90. The predicted octanol–water partition coefficient (Wildman–Crippen LogP) is 3.30. The Labute approximate surface area is 168 Å². The highest BCUT2D eigenvalue weighted by Gasteiger charge is 2.20. The number of nitrogens with zero attached hydrogens (tertiary/aromatic N) is 2. The van der Waals surface area contributed by atoms with Crippen LogP contribution in [0, 0.1) is 5.92 Å². The average molecular weight is 387 g/mol. The summed E-state index contributed by atoms with van der Waals surface area (Å²) in [4.78, 5) is 28.6. The molecule has 2 heterocycles. The fourth-order valence-electron chi connectivity index (χ4n) is 4.19. The first-order chi connectivity index (χ1) is 13.5. The maximum absolute atomic E-state index is 12.3. The van der Waals surface area contributed by atoms with E-state index in [-0.39, 0.29) is 18.0 Å². The van der Waals surface area contributed by atoms with E-state index in [2.05, 4.69) is 22.6 Å². The number of urea groups is 1. The standard InChI is InChI=1S/C22H34N4O2/c1-17(24-22(28)23-15-18-7-3-5-13-25(2)16-18)19-9-11-20(12-10-19)26-14-6-4-8-21(26)27/h9-12,17-18H,3-8,13-16H2,1-2H3,(H2,23,24,28). The van der Waals surface area contributed by atoms with Gasteiger partial charge in [-0.05, 0) is 69.8 Å². The summed E-state index contributed by atoms with van der Waals surface area (Å²) in [5.41, 5.74) is 1.99. The summed E-state index contributed by atoms with van der Waals surface area (Å²) >= 11 is 0. The Morgan fingerprint density at radius 1 is 1.14 bits per heavy atom. The van der Waals surface area contributed by atoms with E-state index >= 15 is 0 Å². The molecule has 1 aromatic carbocycles. The molecule has 3 amide bonds. The van der Waals surface area contributed by atoms with Crippen LogP contribution < -0.4 is 15.5 Å². The molecule has 0 radical (unpaired) electrons. The lowest BCUT2D eigenvalue weighted by atomic mass is 10.0. The first-order valence-corrected chi connectivity index (χ1v) is 10.7. The maximum atomic E-state index is 12.3. The summed E-state index contributed by atoms with van der Waals surface area (Å²) in [6, 6.07) is 7.77. The Morgan fingerprint density at radius 3 is 2.64 bits per heavy atom. The van der Waals surface area contributed by atoms with Crippen LogP contribution in [0.5, 0.6) is 0 Å². The summed E-state index contributed by atoms with van der Waals surface area (Å²) < 4.78 is 0. The van der Waals surface area contributed by atoms with Crippen LogP contribution in [0.4, 0.5) is 10.5 Å². The number of carbonyl (C=O) groups is 2. The highest BCUT2D eigenvalue weighted by Crippen LogP contribution is 2.23. The van der Waals surface area contributed by atoms with Crippen LogP contribution in [0.15, 0.2) is 24.3 Å². The number of hydrogen-bond donors (Lipinski definition) is 2. The molecule has 0 saturated carbocycles. The molecule has 2 saturated heterocycles. The summed E-state index contributed by atoms with van der Waals surface area (Å²) in [6.45, 7) is 5.70. The predicted molar refractivity (Wildman–Crippen MR) is 112 cm³/mol. The van der Waals surface area contributed by atoms with Gasteiger partial charge in [-0.1, -0.05) is 18.6 Å². The van der Waals surface area contributed by atoms with Crippen molar-refractivity contribution in [1.29, 1.82) is 0 Å². The molecule has 2 unspecified atom stereocenters. The van der Waals surface area contributed by atoms with Crippen molar-refractivity contribution in [3.05, 3.63) is 29.8 Å². The van der Waals surface area contributed by atoms with E-state index in [1.165, 1.54) is 19.3 Å². The van der Waals surface area contributed by atoms with Gasteiger partial charge in [0.05, 0.1) is 6.04 Å². The molecule has 6 heteroatoms. The van der Waals surface area contributed by atoms with E-state index in [1.807, 2.05) is 36.1 Å². The molecule has 0 spiro atoms. The number of hydrogen-bond acceptors (Lipinski definition) is 3. The minimum absolute atomic E-state index is 0.0806. The topological polar surface area (TPSA) is 64.7 Å². The Hall–Kier alpha value is -2.08. The van der Waals surface area contributed by atoms with Crippen LogP contribution in [0.1, 0.15) is 57.1 Å². The molecular weight excluding hydrogens is 352 g/mol. The molecule has 0 aliphatic carbocycles. The molecule has 154 valence electrons. The van der Waals surface area contributed by atoms with Crippen molar-refractivity contribution in [2.45, 2.75) is 51.5 Å². The molecule has 2 aliphatic heterocycles. The van der Waals surface area contributed by atoms with E-state index in [9.17, 15) is 9.59 Å². The number of piperidine rings is 1. The second-order valence-electron chi connectivity index (χ2n) is 8.29. The SMILES string of the molecule is CC(NC(=O)NCC1CCCCN(C)C1)c1ccc(N2CCCCC2=O)cc1. The van der Waals surface area contributed by atoms with Gasteiger partial charge < -0.3 is 20.4 Å². The van der Waals surface area contributed by atoms with Gasteiger partial charge in [0, 0.05) is 31.7 Å². The van der Waals surface area contributed by atoms with Gasteiger partial charge in [0.25, 0.3) is 0 Å². The highest BCUT2D eigenvalue weighted by atomic mass is 16.2. The zero-order valence-electron chi connectivity index (χ0n) is 17.2. The number of rotatable bonds is 5. The molecule has 2 fully saturated rings. The van der Waals surface area contributed by atoms with Gasteiger partial charge in [0.2, 0.25) is 5.91 Å². The third kappa shape index (κ3) is 5.71. The second-order valence-corrected chi connectivity index (χ2v) is 8.29. The van der Waals surface area contributed by atoms with Gasteiger partial charge in [-0.15, -0.1) is 0 Å². The fourth-order valence-corrected chi connectivity index (χ4v) is 4.19. The van der Waals surface area contributed by atoms with Crippen LogP contribution in [0.25, 0.3) is 0 Å². The fraction of sp³-hybridized carbons (Fsp3) is 0.636. The van der Waals surface area contributed by atoms with Gasteiger partial charge >= 0.3 is 6.03 Å². The normalized spacial score (nSPS) is 22.4. The van der Waals surface area contributed by atoms with Gasteiger partial charge in [-0.25, -0.2) is 4.79 Å². The molecule has 0 aromatic heterocycles. The summed E-state index contributed by atoms with van der Waals surface area (Å²) in [5.74, 6) is 0.726. The zero-order chi connectivity index (χ0) is 19.9. The van der Waals surface area contributed by atoms with Crippen molar-refractivity contribution in [3.63, 3.8) is 0 Å². The highest BCUT2D eigenvalue weighted by molar-refractivity contribution is 5.93. The lowest BCUT2D eigenvalue weighted by molar-refractivity contribution is -0.119. The number of benzene rings is 1. The van der Waals surface area contributed by atoms with Crippen molar-refractivity contribution in [3.8, 4) is 0 Å². The second kappa shape index (κ2) is 9.92. The number of anilines is 1. The third-order valence-corrected chi connectivity index (χ3v) is 5.90. The van der Waals surface area contributed by atoms with Gasteiger partial charge in [0.15, 0.2) is 0 Å². The Balaban J connectivity index is 1.47. The first kappa shape index (κ1) is 20.6. The van der Waals surface area contributed by atoms with Crippen LogP contribution in [-0.4, -0.2) is 50.1 Å². The molecule has 1 aromatic rings. The molecule has 2 atom stereocenters. The van der Waals surface area contributed by atoms with Crippen molar-refractivity contribution in [2.75, 3.05) is 38.1 Å². The molecule has 0 bridgehead atoms. The van der Waals surface area contributed by atoms with Gasteiger partial charge in [-0.3, -0.25) is 4.79 Å². The maximum Gasteiger partial charge on any atom is 0.315 e. The quantitative estimate of drug-likeness (QED) is 0.816. The number of amides is 3. The van der Waals surface area contributed by atoms with Crippen molar-refractivity contribution in [1.82, 2.24) is 15.5 Å². The summed E-state index contributed by atoms with van der Waals surface area (Å²) in [6.07, 6.45) is 6.34. The lowest BCUT2D eigenvalue weighted by Crippen LogP contribution is -2.41. The monoisotopic (exact) mass is 386 g/mol. The zero-order valence-corrected chi connectivity index (χ0v) is 17.2. The smallest absolute Gasteiger partial charge is 0.315 e. The van der Waals surface area contributed by atoms with Crippen LogP contribution in [-0.2, 0) is 4.79 Å². The van der Waals surface area contributed by atoms with Crippen LogP contribution >= 0.6 is 0 Å². The molecule has 28 heavy (non-hydrogen) atoms. The van der Waals surface area contributed by atoms with E-state index in [0.29, 0.717) is 12.3 Å². The van der Waals surface area contributed by atoms with E-state index in [0.717, 1.165) is 50.3 Å². The largest absolute Gasteiger partial charge is 0.338 e. The average Bonchev–Trinajstić information content (AvgIpc) is 2.91. The minimum atomic E-state index is -0.116. The summed E-state index contributed by atoms with van der Waals surface area (Å²) in [7, 11) is 2.15. The Bertz CT molecular complexity index is 661. The lowest BCUT2D eigenvalue weighted by Gasteiger charge is -2.27. The van der Waals surface area contributed by atoms with Crippen molar-refractivity contribution < 1.29 is 9.59 Å². The van der Waals surface area contributed by atoms with Gasteiger partial charge in [0.1, 0.15) is 0 Å². The van der Waals surface area contributed by atoms with Crippen molar-refractivity contribution >= 4 is 17.6 Å². The number of nitrogens with one attached hydrogen (secondary N) is 2. The number of likely N-dealkylation sites (tertiary alicyclic amines) is 1. The first-order valence-electron chi connectivity index (χ1n) is 10.7. The molecule has 6 nitrogen and oxygen atoms in total. The summed E-state index contributed by atoms with van der Waals surface area (Å²) in [5, 5.41) is 6.07. The Morgan fingerprint density at radius 2 is 1.89 bits per heavy atom. The molecule has 2 N–H and O–H groups in total.